The molecule has 2 aromatic rings. The summed E-state index contributed by atoms with van der Waals surface area (Å²) in [6, 6.07) is 5.19. The van der Waals surface area contributed by atoms with Crippen LogP contribution in [-0.2, 0) is 6.54 Å². The van der Waals surface area contributed by atoms with Crippen LogP contribution in [0.15, 0.2) is 23.6 Å². The number of rotatable bonds is 6. The van der Waals surface area contributed by atoms with Gasteiger partial charge in [0.2, 0.25) is 0 Å². The zero-order valence-corrected chi connectivity index (χ0v) is 14.9. The van der Waals surface area contributed by atoms with E-state index in [-0.39, 0.29) is 11.8 Å². The van der Waals surface area contributed by atoms with Crippen LogP contribution in [0.1, 0.15) is 45.3 Å². The van der Waals surface area contributed by atoms with Crippen LogP contribution in [0, 0.1) is 12.8 Å². The van der Waals surface area contributed by atoms with E-state index >= 15 is 0 Å². The van der Waals surface area contributed by atoms with Gasteiger partial charge in [-0.15, -0.1) is 11.3 Å². The SMILES string of the molecule is Cc1cc(C(=O)NCC(C)C)ccc1NC(=O)c1csc(CN)n1. The third kappa shape index (κ3) is 4.62. The van der Waals surface area contributed by atoms with Gasteiger partial charge in [-0.3, -0.25) is 9.59 Å². The molecule has 0 fully saturated rings. The Morgan fingerprint density at radius 2 is 2.04 bits per heavy atom. The average molecular weight is 346 g/mol. The van der Waals surface area contributed by atoms with Crippen molar-refractivity contribution in [2.24, 2.45) is 11.7 Å². The maximum Gasteiger partial charge on any atom is 0.275 e. The van der Waals surface area contributed by atoms with Gasteiger partial charge in [0.15, 0.2) is 0 Å². The van der Waals surface area contributed by atoms with E-state index in [9.17, 15) is 9.59 Å². The fourth-order valence-electron chi connectivity index (χ4n) is 2.04. The Balaban J connectivity index is 2.06. The molecule has 2 amide bonds. The summed E-state index contributed by atoms with van der Waals surface area (Å²) in [7, 11) is 0. The molecule has 7 heteroatoms. The van der Waals surface area contributed by atoms with Gasteiger partial charge in [0.25, 0.3) is 11.8 Å². The summed E-state index contributed by atoms with van der Waals surface area (Å²) in [6.45, 7) is 6.87. The molecule has 128 valence electrons. The van der Waals surface area contributed by atoms with Crippen molar-refractivity contribution in [3.63, 3.8) is 0 Å². The van der Waals surface area contributed by atoms with Crippen molar-refractivity contribution in [1.82, 2.24) is 10.3 Å². The van der Waals surface area contributed by atoms with E-state index in [0.29, 0.717) is 41.0 Å². The molecule has 4 N–H and O–H groups in total. The van der Waals surface area contributed by atoms with Crippen LogP contribution in [0.2, 0.25) is 0 Å². The van der Waals surface area contributed by atoms with Crippen LogP contribution >= 0.6 is 11.3 Å². The summed E-state index contributed by atoms with van der Waals surface area (Å²) < 4.78 is 0. The minimum Gasteiger partial charge on any atom is -0.352 e. The summed E-state index contributed by atoms with van der Waals surface area (Å²) >= 11 is 1.36. The molecule has 24 heavy (non-hydrogen) atoms. The van der Waals surface area contributed by atoms with Crippen LogP contribution < -0.4 is 16.4 Å². The lowest BCUT2D eigenvalue weighted by Crippen LogP contribution is -2.27. The molecule has 1 aromatic heterocycles. The monoisotopic (exact) mass is 346 g/mol. The molecule has 1 heterocycles. The van der Waals surface area contributed by atoms with Crippen LogP contribution in [0.3, 0.4) is 0 Å². The molecule has 0 radical (unpaired) electrons. The normalized spacial score (nSPS) is 10.7. The van der Waals surface area contributed by atoms with E-state index in [0.717, 1.165) is 5.56 Å². The van der Waals surface area contributed by atoms with Gasteiger partial charge in [-0.05, 0) is 36.6 Å². The predicted octanol–water partition coefficient (Wildman–Crippen LogP) is 2.55. The van der Waals surface area contributed by atoms with Crippen molar-refractivity contribution in [2.75, 3.05) is 11.9 Å². The molecule has 0 saturated heterocycles. The second kappa shape index (κ2) is 8.03. The fourth-order valence-corrected chi connectivity index (χ4v) is 2.69. The van der Waals surface area contributed by atoms with E-state index in [4.69, 9.17) is 5.73 Å². The van der Waals surface area contributed by atoms with Gasteiger partial charge in [0.05, 0.1) is 0 Å². The molecule has 0 saturated carbocycles. The van der Waals surface area contributed by atoms with Crippen molar-refractivity contribution in [3.8, 4) is 0 Å². The highest BCUT2D eigenvalue weighted by Crippen LogP contribution is 2.18. The zero-order chi connectivity index (χ0) is 17.7. The van der Waals surface area contributed by atoms with E-state index in [2.05, 4.69) is 15.6 Å². The lowest BCUT2D eigenvalue weighted by molar-refractivity contribution is 0.0948. The molecule has 6 nitrogen and oxygen atoms in total. The smallest absolute Gasteiger partial charge is 0.275 e. The quantitative estimate of drug-likeness (QED) is 0.749. The number of aryl methyl sites for hydroxylation is 1. The van der Waals surface area contributed by atoms with Crippen molar-refractivity contribution < 1.29 is 9.59 Å². The maximum atomic E-state index is 12.2. The summed E-state index contributed by atoms with van der Waals surface area (Å²) in [5.74, 6) is -0.00652. The molecule has 2 rings (SSSR count). The van der Waals surface area contributed by atoms with Gasteiger partial charge >= 0.3 is 0 Å². The molecule has 0 spiro atoms. The molecule has 0 atom stereocenters. The Bertz CT molecular complexity index is 740. The lowest BCUT2D eigenvalue weighted by atomic mass is 10.1. The predicted molar refractivity (Wildman–Crippen MR) is 96.3 cm³/mol. The first-order chi connectivity index (χ1) is 11.4. The van der Waals surface area contributed by atoms with Gasteiger partial charge in [-0.1, -0.05) is 13.8 Å². The molecule has 0 aliphatic rings. The molecule has 1 aromatic carbocycles. The van der Waals surface area contributed by atoms with Crippen LogP contribution in [0.5, 0.6) is 0 Å². The average Bonchev–Trinajstić information content (AvgIpc) is 3.03. The molecular weight excluding hydrogens is 324 g/mol. The Kier molecular flexibility index (Phi) is 6.05. The summed E-state index contributed by atoms with van der Waals surface area (Å²) in [4.78, 5) is 28.4. The Morgan fingerprint density at radius 1 is 1.29 bits per heavy atom. The zero-order valence-electron chi connectivity index (χ0n) is 14.1. The number of carbonyl (C=O) groups excluding carboxylic acids is 2. The van der Waals surface area contributed by atoms with Gasteiger partial charge in [-0.2, -0.15) is 0 Å². The highest BCUT2D eigenvalue weighted by Gasteiger charge is 2.13. The van der Waals surface area contributed by atoms with Gasteiger partial charge in [0, 0.05) is 29.7 Å². The number of nitrogens with zero attached hydrogens (tertiary/aromatic N) is 1. The first-order valence-electron chi connectivity index (χ1n) is 7.75. The largest absolute Gasteiger partial charge is 0.352 e. The van der Waals surface area contributed by atoms with E-state index < -0.39 is 0 Å². The van der Waals surface area contributed by atoms with Crippen LogP contribution in [-0.4, -0.2) is 23.3 Å². The Labute approximate surface area is 145 Å². The number of nitrogens with one attached hydrogen (secondary N) is 2. The van der Waals surface area contributed by atoms with Crippen LogP contribution in [0.25, 0.3) is 0 Å². The third-order valence-electron chi connectivity index (χ3n) is 3.37. The van der Waals surface area contributed by atoms with E-state index in [1.54, 1.807) is 23.6 Å². The number of benzene rings is 1. The topological polar surface area (TPSA) is 97.1 Å². The highest BCUT2D eigenvalue weighted by molar-refractivity contribution is 7.09. The number of amides is 2. The van der Waals surface area contributed by atoms with Crippen LogP contribution in [0.4, 0.5) is 5.69 Å². The molecule has 0 aliphatic heterocycles. The third-order valence-corrected chi connectivity index (χ3v) is 4.24. The molecule has 0 bridgehead atoms. The van der Waals surface area contributed by atoms with Gasteiger partial charge in [-0.25, -0.2) is 4.98 Å². The number of thiazole rings is 1. The number of anilines is 1. The van der Waals surface area contributed by atoms with Crippen molar-refractivity contribution in [2.45, 2.75) is 27.3 Å². The second-order valence-electron chi connectivity index (χ2n) is 5.92. The molecule has 0 aliphatic carbocycles. The lowest BCUT2D eigenvalue weighted by Gasteiger charge is -2.11. The fraction of sp³-hybridized carbons (Fsp3) is 0.353. The summed E-state index contributed by atoms with van der Waals surface area (Å²) in [5, 5.41) is 8.08. The minimum absolute atomic E-state index is 0.114. The van der Waals surface area contributed by atoms with Gasteiger partial charge < -0.3 is 16.4 Å². The number of nitrogens with two attached hydrogens (primary N) is 1. The number of aromatic nitrogens is 1. The highest BCUT2D eigenvalue weighted by atomic mass is 32.1. The number of hydrogen-bond donors (Lipinski definition) is 3. The van der Waals surface area contributed by atoms with Crippen molar-refractivity contribution in [3.05, 3.63) is 45.4 Å². The molecule has 0 unspecified atom stereocenters. The Morgan fingerprint density at radius 3 is 2.62 bits per heavy atom. The second-order valence-corrected chi connectivity index (χ2v) is 6.86. The van der Waals surface area contributed by atoms with E-state index in [1.165, 1.54) is 11.3 Å². The maximum absolute atomic E-state index is 12.2. The first kappa shape index (κ1) is 18.1. The minimum atomic E-state index is -0.286. The van der Waals surface area contributed by atoms with E-state index in [1.807, 2.05) is 20.8 Å². The summed E-state index contributed by atoms with van der Waals surface area (Å²) in [6.07, 6.45) is 0. The number of hydrogen-bond acceptors (Lipinski definition) is 5. The van der Waals surface area contributed by atoms with Crippen molar-refractivity contribution in [1.29, 1.82) is 0 Å². The summed E-state index contributed by atoms with van der Waals surface area (Å²) in [5.41, 5.74) is 7.90. The Hall–Kier alpha value is -2.25. The van der Waals surface area contributed by atoms with Gasteiger partial charge in [0.1, 0.15) is 10.7 Å². The standard InChI is InChI=1S/C17H22N4O2S/c1-10(2)8-19-16(22)12-4-5-13(11(3)6-12)21-17(23)14-9-24-15(7-18)20-14/h4-6,9-10H,7-8,18H2,1-3H3,(H,19,22)(H,21,23). The first-order valence-corrected chi connectivity index (χ1v) is 8.63. The molecular formula is C17H22N4O2S. The number of carbonyl (C=O) groups is 2. The van der Waals surface area contributed by atoms with Crippen molar-refractivity contribution >= 4 is 28.8 Å².